The Balaban J connectivity index is 2.36. The molecular formula is C19H25NO2S. The van der Waals surface area contributed by atoms with Crippen molar-refractivity contribution in [3.8, 4) is 0 Å². The topological polar surface area (TPSA) is 37.4 Å². The predicted octanol–water partition coefficient (Wildman–Crippen LogP) is 4.17. The van der Waals surface area contributed by atoms with Crippen molar-refractivity contribution in [3.63, 3.8) is 0 Å². The number of benzene rings is 2. The van der Waals surface area contributed by atoms with Gasteiger partial charge in [0.15, 0.2) is 0 Å². The zero-order chi connectivity index (χ0) is 17.0. The van der Waals surface area contributed by atoms with E-state index in [4.69, 9.17) is 0 Å². The van der Waals surface area contributed by atoms with E-state index in [0.717, 1.165) is 12.0 Å². The summed E-state index contributed by atoms with van der Waals surface area (Å²) in [5.41, 5.74) is 1.15. The Hall–Kier alpha value is -1.65. The maximum Gasteiger partial charge on any atom is 0.206 e. The number of nitrogens with zero attached hydrogens (tertiary/aromatic N) is 1. The Bertz CT molecular complexity index is 722. The number of sulfone groups is 1. The Morgan fingerprint density at radius 1 is 0.913 bits per heavy atom. The van der Waals surface area contributed by atoms with Gasteiger partial charge in [0.2, 0.25) is 9.84 Å². The van der Waals surface area contributed by atoms with Crippen LogP contribution in [-0.4, -0.2) is 27.4 Å². The van der Waals surface area contributed by atoms with Gasteiger partial charge in [0.25, 0.3) is 0 Å². The summed E-state index contributed by atoms with van der Waals surface area (Å²) in [5, 5.41) is 0. The first kappa shape index (κ1) is 17.7. The Kier molecular flexibility index (Phi) is 5.60. The van der Waals surface area contributed by atoms with Crippen molar-refractivity contribution in [2.45, 2.75) is 36.1 Å². The molecule has 0 bridgehead atoms. The summed E-state index contributed by atoms with van der Waals surface area (Å²) in [6.45, 7) is 4.40. The number of hydrogen-bond acceptors (Lipinski definition) is 3. The zero-order valence-electron chi connectivity index (χ0n) is 14.2. The molecule has 0 fully saturated rings. The third-order valence-corrected chi connectivity index (χ3v) is 6.11. The van der Waals surface area contributed by atoms with Crippen LogP contribution in [0.2, 0.25) is 0 Å². The normalized spacial score (nSPS) is 14.7. The van der Waals surface area contributed by atoms with Crippen molar-refractivity contribution in [2.24, 2.45) is 5.92 Å². The van der Waals surface area contributed by atoms with E-state index in [1.807, 2.05) is 18.2 Å². The highest BCUT2D eigenvalue weighted by Crippen LogP contribution is 2.30. The fraction of sp³-hybridized carbons (Fsp3) is 0.368. The third-order valence-electron chi connectivity index (χ3n) is 4.32. The third kappa shape index (κ3) is 3.82. The molecule has 4 heteroatoms. The van der Waals surface area contributed by atoms with E-state index in [2.05, 4.69) is 32.8 Å². The second-order valence-electron chi connectivity index (χ2n) is 6.18. The van der Waals surface area contributed by atoms with E-state index >= 15 is 0 Å². The molecular weight excluding hydrogens is 306 g/mol. The van der Waals surface area contributed by atoms with Crippen LogP contribution in [-0.2, 0) is 9.84 Å². The minimum atomic E-state index is -3.44. The highest BCUT2D eigenvalue weighted by Gasteiger charge is 2.22. The SMILES string of the molecule is CC[C@@H](C)[C@H](c1ccc(S(=O)(=O)c2ccccc2)cc1)N(C)C. The maximum absolute atomic E-state index is 12.6. The van der Waals surface area contributed by atoms with Gasteiger partial charge >= 0.3 is 0 Å². The summed E-state index contributed by atoms with van der Waals surface area (Å²) in [5.74, 6) is 0.501. The van der Waals surface area contributed by atoms with E-state index in [0.29, 0.717) is 15.7 Å². The molecule has 0 heterocycles. The average Bonchev–Trinajstić information content (AvgIpc) is 2.56. The average molecular weight is 331 g/mol. The van der Waals surface area contributed by atoms with E-state index in [9.17, 15) is 8.42 Å². The Morgan fingerprint density at radius 2 is 1.43 bits per heavy atom. The smallest absolute Gasteiger partial charge is 0.206 e. The monoisotopic (exact) mass is 331 g/mol. The molecule has 2 aromatic rings. The van der Waals surface area contributed by atoms with Crippen molar-refractivity contribution < 1.29 is 8.42 Å². The number of rotatable bonds is 6. The first-order valence-electron chi connectivity index (χ1n) is 7.94. The van der Waals surface area contributed by atoms with Crippen molar-refractivity contribution >= 4 is 9.84 Å². The molecule has 2 aromatic carbocycles. The zero-order valence-corrected chi connectivity index (χ0v) is 15.0. The van der Waals surface area contributed by atoms with Crippen LogP contribution in [0.1, 0.15) is 31.9 Å². The van der Waals surface area contributed by atoms with Crippen LogP contribution in [0.4, 0.5) is 0 Å². The van der Waals surface area contributed by atoms with Crippen LogP contribution in [0.25, 0.3) is 0 Å². The molecule has 0 saturated carbocycles. The quantitative estimate of drug-likeness (QED) is 0.797. The molecule has 0 aliphatic heterocycles. The minimum Gasteiger partial charge on any atom is -0.302 e. The van der Waals surface area contributed by atoms with Gasteiger partial charge in [0.1, 0.15) is 0 Å². The van der Waals surface area contributed by atoms with E-state index < -0.39 is 9.84 Å². The second-order valence-corrected chi connectivity index (χ2v) is 8.13. The molecule has 124 valence electrons. The molecule has 3 nitrogen and oxygen atoms in total. The van der Waals surface area contributed by atoms with Crippen molar-refractivity contribution in [1.29, 1.82) is 0 Å². The summed E-state index contributed by atoms with van der Waals surface area (Å²) in [4.78, 5) is 2.86. The highest BCUT2D eigenvalue weighted by atomic mass is 32.2. The van der Waals surface area contributed by atoms with Crippen molar-refractivity contribution in [2.75, 3.05) is 14.1 Å². The van der Waals surface area contributed by atoms with Gasteiger partial charge in [-0.05, 0) is 49.8 Å². The molecule has 0 saturated heterocycles. The lowest BCUT2D eigenvalue weighted by atomic mass is 9.92. The molecule has 23 heavy (non-hydrogen) atoms. The predicted molar refractivity (Wildman–Crippen MR) is 94.2 cm³/mol. The molecule has 0 radical (unpaired) electrons. The van der Waals surface area contributed by atoms with Gasteiger partial charge in [-0.1, -0.05) is 50.6 Å². The van der Waals surface area contributed by atoms with E-state index in [-0.39, 0.29) is 6.04 Å². The maximum atomic E-state index is 12.6. The first-order valence-corrected chi connectivity index (χ1v) is 9.42. The van der Waals surface area contributed by atoms with Gasteiger partial charge in [-0.3, -0.25) is 0 Å². The molecule has 0 aromatic heterocycles. The lowest BCUT2D eigenvalue weighted by molar-refractivity contribution is 0.219. The van der Waals surface area contributed by atoms with Crippen LogP contribution in [0.3, 0.4) is 0 Å². The molecule has 0 N–H and O–H groups in total. The fourth-order valence-corrected chi connectivity index (χ4v) is 4.22. The van der Waals surface area contributed by atoms with Gasteiger partial charge in [0.05, 0.1) is 9.79 Å². The largest absolute Gasteiger partial charge is 0.302 e. The second kappa shape index (κ2) is 7.28. The Morgan fingerprint density at radius 3 is 1.91 bits per heavy atom. The van der Waals surface area contributed by atoms with Crippen molar-refractivity contribution in [1.82, 2.24) is 4.90 Å². The van der Waals surface area contributed by atoms with Crippen LogP contribution >= 0.6 is 0 Å². The van der Waals surface area contributed by atoms with Gasteiger partial charge in [0, 0.05) is 6.04 Å². The summed E-state index contributed by atoms with van der Waals surface area (Å²) in [6, 6.07) is 16.2. The molecule has 0 spiro atoms. The standard InChI is InChI=1S/C19H25NO2S/c1-5-15(2)19(20(3)4)16-11-13-18(14-12-16)23(21,22)17-9-7-6-8-10-17/h6-15,19H,5H2,1-4H3/t15-,19-/m1/s1. The molecule has 0 amide bonds. The van der Waals surface area contributed by atoms with Crippen LogP contribution in [0, 0.1) is 5.92 Å². The minimum absolute atomic E-state index is 0.286. The lowest BCUT2D eigenvalue weighted by Crippen LogP contribution is -2.25. The van der Waals surface area contributed by atoms with Crippen LogP contribution in [0.5, 0.6) is 0 Å². The summed E-state index contributed by atoms with van der Waals surface area (Å²) in [6.07, 6.45) is 1.08. The highest BCUT2D eigenvalue weighted by molar-refractivity contribution is 7.91. The van der Waals surface area contributed by atoms with Gasteiger partial charge in [-0.15, -0.1) is 0 Å². The number of hydrogen-bond donors (Lipinski definition) is 0. The lowest BCUT2D eigenvalue weighted by Gasteiger charge is -2.30. The van der Waals surface area contributed by atoms with Crippen LogP contribution in [0.15, 0.2) is 64.4 Å². The fourth-order valence-electron chi connectivity index (χ4n) is 2.94. The molecule has 2 rings (SSSR count). The first-order chi connectivity index (χ1) is 10.9. The molecule has 0 aliphatic carbocycles. The van der Waals surface area contributed by atoms with Crippen molar-refractivity contribution in [3.05, 3.63) is 60.2 Å². The van der Waals surface area contributed by atoms with Crippen LogP contribution < -0.4 is 0 Å². The Labute approximate surface area is 139 Å². The molecule has 0 unspecified atom stereocenters. The van der Waals surface area contributed by atoms with Gasteiger partial charge in [-0.25, -0.2) is 8.42 Å². The summed E-state index contributed by atoms with van der Waals surface area (Å²) < 4.78 is 25.3. The molecule has 0 aliphatic rings. The van der Waals surface area contributed by atoms with E-state index in [1.54, 1.807) is 36.4 Å². The summed E-state index contributed by atoms with van der Waals surface area (Å²) in [7, 11) is 0.681. The van der Waals surface area contributed by atoms with E-state index in [1.165, 1.54) is 0 Å². The van der Waals surface area contributed by atoms with Gasteiger partial charge in [-0.2, -0.15) is 0 Å². The molecule has 2 atom stereocenters. The summed E-state index contributed by atoms with van der Waals surface area (Å²) >= 11 is 0. The van der Waals surface area contributed by atoms with Gasteiger partial charge < -0.3 is 4.90 Å².